The van der Waals surface area contributed by atoms with Gasteiger partial charge in [0.05, 0.1) is 23.8 Å². The van der Waals surface area contributed by atoms with Crippen LogP contribution in [0.4, 0.5) is 11.4 Å². The predicted octanol–water partition coefficient (Wildman–Crippen LogP) is 2.16. The highest BCUT2D eigenvalue weighted by molar-refractivity contribution is 6.02. The normalized spacial score (nSPS) is 9.83. The van der Waals surface area contributed by atoms with Crippen molar-refractivity contribution in [1.82, 2.24) is 9.97 Å². The standard InChI is InChI=1S/C13H14N4O/c1-2-15-10-5-6-12(16-9-10)13(18)17-11-4-3-7-14-8-11/h3-9,15H,2H2,1H3,(H,17,18). The number of nitrogens with zero attached hydrogens (tertiary/aromatic N) is 2. The number of hydrogen-bond acceptors (Lipinski definition) is 4. The van der Waals surface area contributed by atoms with Crippen molar-refractivity contribution < 1.29 is 4.79 Å². The first-order chi connectivity index (χ1) is 8.79. The molecule has 0 atom stereocenters. The van der Waals surface area contributed by atoms with E-state index in [4.69, 9.17) is 0 Å². The Morgan fingerprint density at radius 1 is 1.22 bits per heavy atom. The van der Waals surface area contributed by atoms with Gasteiger partial charge in [0.15, 0.2) is 0 Å². The molecule has 1 amide bonds. The fraction of sp³-hybridized carbons (Fsp3) is 0.154. The maximum Gasteiger partial charge on any atom is 0.274 e. The van der Waals surface area contributed by atoms with E-state index in [9.17, 15) is 4.79 Å². The Balaban J connectivity index is 2.05. The number of carbonyl (C=O) groups is 1. The molecule has 18 heavy (non-hydrogen) atoms. The van der Waals surface area contributed by atoms with Crippen molar-refractivity contribution in [2.24, 2.45) is 0 Å². The first-order valence-electron chi connectivity index (χ1n) is 5.71. The van der Waals surface area contributed by atoms with Crippen LogP contribution in [0.25, 0.3) is 0 Å². The highest BCUT2D eigenvalue weighted by Crippen LogP contribution is 2.08. The third-order valence-electron chi connectivity index (χ3n) is 2.30. The predicted molar refractivity (Wildman–Crippen MR) is 70.6 cm³/mol. The van der Waals surface area contributed by atoms with Gasteiger partial charge in [0.1, 0.15) is 5.69 Å². The number of amides is 1. The zero-order chi connectivity index (χ0) is 12.8. The van der Waals surface area contributed by atoms with Crippen molar-refractivity contribution in [3.8, 4) is 0 Å². The SMILES string of the molecule is CCNc1ccc(C(=O)Nc2cccnc2)nc1. The lowest BCUT2D eigenvalue weighted by Crippen LogP contribution is -2.13. The van der Waals surface area contributed by atoms with Crippen LogP contribution in [0.2, 0.25) is 0 Å². The van der Waals surface area contributed by atoms with E-state index >= 15 is 0 Å². The molecular formula is C13H14N4O. The molecule has 5 nitrogen and oxygen atoms in total. The lowest BCUT2D eigenvalue weighted by atomic mass is 10.3. The van der Waals surface area contributed by atoms with Gasteiger partial charge in [0, 0.05) is 12.7 Å². The Morgan fingerprint density at radius 2 is 2.11 bits per heavy atom. The van der Waals surface area contributed by atoms with E-state index < -0.39 is 0 Å². The van der Waals surface area contributed by atoms with Crippen molar-refractivity contribution >= 4 is 17.3 Å². The van der Waals surface area contributed by atoms with Crippen molar-refractivity contribution in [1.29, 1.82) is 0 Å². The van der Waals surface area contributed by atoms with E-state index in [1.807, 2.05) is 13.0 Å². The van der Waals surface area contributed by atoms with Gasteiger partial charge in [-0.15, -0.1) is 0 Å². The number of rotatable bonds is 4. The van der Waals surface area contributed by atoms with Crippen LogP contribution < -0.4 is 10.6 Å². The molecule has 2 heterocycles. The molecule has 0 fully saturated rings. The summed E-state index contributed by atoms with van der Waals surface area (Å²) in [5.74, 6) is -0.244. The van der Waals surface area contributed by atoms with E-state index in [0.717, 1.165) is 12.2 Å². The molecule has 0 radical (unpaired) electrons. The number of pyridine rings is 2. The maximum atomic E-state index is 11.9. The molecule has 2 aromatic rings. The van der Waals surface area contributed by atoms with Crippen LogP contribution in [0, 0.1) is 0 Å². The van der Waals surface area contributed by atoms with Crippen LogP contribution in [0.3, 0.4) is 0 Å². The van der Waals surface area contributed by atoms with Gasteiger partial charge in [-0.25, -0.2) is 4.98 Å². The molecule has 0 aliphatic carbocycles. The average molecular weight is 242 g/mol. The fourth-order valence-electron chi connectivity index (χ4n) is 1.47. The Morgan fingerprint density at radius 3 is 2.72 bits per heavy atom. The zero-order valence-corrected chi connectivity index (χ0v) is 10.1. The third-order valence-corrected chi connectivity index (χ3v) is 2.30. The number of aromatic nitrogens is 2. The van der Waals surface area contributed by atoms with Gasteiger partial charge in [0.2, 0.25) is 0 Å². The third kappa shape index (κ3) is 3.04. The topological polar surface area (TPSA) is 66.9 Å². The van der Waals surface area contributed by atoms with E-state index in [1.54, 1.807) is 36.8 Å². The Bertz CT molecular complexity index is 510. The molecular weight excluding hydrogens is 228 g/mol. The maximum absolute atomic E-state index is 11.9. The summed E-state index contributed by atoms with van der Waals surface area (Å²) >= 11 is 0. The molecule has 0 bridgehead atoms. The molecule has 0 saturated heterocycles. The Labute approximate surface area is 105 Å². The van der Waals surface area contributed by atoms with Crippen molar-refractivity contribution in [3.63, 3.8) is 0 Å². The van der Waals surface area contributed by atoms with Crippen LogP contribution in [0.1, 0.15) is 17.4 Å². The minimum Gasteiger partial charge on any atom is -0.384 e. The molecule has 2 rings (SSSR count). The van der Waals surface area contributed by atoms with E-state index in [0.29, 0.717) is 11.4 Å². The van der Waals surface area contributed by atoms with Gasteiger partial charge in [-0.3, -0.25) is 9.78 Å². The molecule has 92 valence electrons. The summed E-state index contributed by atoms with van der Waals surface area (Å²) in [6.07, 6.45) is 4.88. The van der Waals surface area contributed by atoms with Crippen LogP contribution in [0.5, 0.6) is 0 Å². The van der Waals surface area contributed by atoms with Crippen molar-refractivity contribution in [3.05, 3.63) is 48.5 Å². The van der Waals surface area contributed by atoms with Crippen LogP contribution in [0.15, 0.2) is 42.9 Å². The summed E-state index contributed by atoms with van der Waals surface area (Å²) in [6, 6.07) is 7.05. The molecule has 0 saturated carbocycles. The van der Waals surface area contributed by atoms with Gasteiger partial charge >= 0.3 is 0 Å². The number of nitrogens with one attached hydrogen (secondary N) is 2. The Kier molecular flexibility index (Phi) is 3.86. The van der Waals surface area contributed by atoms with Crippen LogP contribution >= 0.6 is 0 Å². The quantitative estimate of drug-likeness (QED) is 0.862. The van der Waals surface area contributed by atoms with Gasteiger partial charge < -0.3 is 10.6 Å². The molecule has 2 N–H and O–H groups in total. The minimum absolute atomic E-state index is 0.244. The van der Waals surface area contributed by atoms with E-state index in [2.05, 4.69) is 20.6 Å². The molecule has 0 aliphatic heterocycles. The van der Waals surface area contributed by atoms with Gasteiger partial charge in [-0.05, 0) is 31.2 Å². The summed E-state index contributed by atoms with van der Waals surface area (Å²) < 4.78 is 0. The number of carbonyl (C=O) groups excluding carboxylic acids is 1. The molecule has 0 spiro atoms. The number of anilines is 2. The second-order valence-corrected chi connectivity index (χ2v) is 3.66. The zero-order valence-electron chi connectivity index (χ0n) is 10.1. The number of hydrogen-bond donors (Lipinski definition) is 2. The summed E-state index contributed by atoms with van der Waals surface area (Å²) in [5.41, 5.74) is 1.93. The summed E-state index contributed by atoms with van der Waals surface area (Å²) in [4.78, 5) is 19.9. The lowest BCUT2D eigenvalue weighted by molar-refractivity contribution is 0.102. The minimum atomic E-state index is -0.244. The van der Waals surface area contributed by atoms with Crippen molar-refractivity contribution in [2.75, 3.05) is 17.2 Å². The molecule has 0 unspecified atom stereocenters. The van der Waals surface area contributed by atoms with Gasteiger partial charge in [-0.1, -0.05) is 0 Å². The highest BCUT2D eigenvalue weighted by Gasteiger charge is 2.07. The highest BCUT2D eigenvalue weighted by atomic mass is 16.1. The van der Waals surface area contributed by atoms with Gasteiger partial charge in [0.25, 0.3) is 5.91 Å². The summed E-state index contributed by atoms with van der Waals surface area (Å²) in [6.45, 7) is 2.83. The summed E-state index contributed by atoms with van der Waals surface area (Å²) in [7, 11) is 0. The second-order valence-electron chi connectivity index (χ2n) is 3.66. The van der Waals surface area contributed by atoms with Gasteiger partial charge in [-0.2, -0.15) is 0 Å². The monoisotopic (exact) mass is 242 g/mol. The van der Waals surface area contributed by atoms with Crippen LogP contribution in [-0.4, -0.2) is 22.4 Å². The first kappa shape index (κ1) is 12.0. The van der Waals surface area contributed by atoms with E-state index in [1.165, 1.54) is 0 Å². The van der Waals surface area contributed by atoms with Crippen LogP contribution in [-0.2, 0) is 0 Å². The first-order valence-corrected chi connectivity index (χ1v) is 5.71. The summed E-state index contributed by atoms with van der Waals surface area (Å²) in [5, 5.41) is 5.84. The average Bonchev–Trinajstić information content (AvgIpc) is 2.41. The smallest absolute Gasteiger partial charge is 0.274 e. The second kappa shape index (κ2) is 5.77. The van der Waals surface area contributed by atoms with E-state index in [-0.39, 0.29) is 5.91 Å². The fourth-order valence-corrected chi connectivity index (χ4v) is 1.47. The molecule has 5 heteroatoms. The molecule has 0 aliphatic rings. The molecule has 2 aromatic heterocycles. The lowest BCUT2D eigenvalue weighted by Gasteiger charge is -2.05. The molecule has 0 aromatic carbocycles. The Hall–Kier alpha value is -2.43. The largest absolute Gasteiger partial charge is 0.384 e. The van der Waals surface area contributed by atoms with Crippen molar-refractivity contribution in [2.45, 2.75) is 6.92 Å².